The van der Waals surface area contributed by atoms with Crippen LogP contribution in [-0.4, -0.2) is 135 Å². The van der Waals surface area contributed by atoms with Gasteiger partial charge in [-0.05, 0) is 138 Å². The molecule has 3 aromatic rings. The third kappa shape index (κ3) is 11.5. The molecule has 332 valence electrons. The molecule has 4 saturated heterocycles. The molecule has 6 fully saturated rings. The molecule has 0 spiro atoms. The van der Waals surface area contributed by atoms with Crippen LogP contribution in [0.5, 0.6) is 11.5 Å². The van der Waals surface area contributed by atoms with Crippen LogP contribution in [0, 0.1) is 0 Å². The topological polar surface area (TPSA) is 82.6 Å². The van der Waals surface area contributed by atoms with Gasteiger partial charge in [0, 0.05) is 89.4 Å². The summed E-state index contributed by atoms with van der Waals surface area (Å²) in [5, 5.41) is 3.60. The van der Waals surface area contributed by atoms with Crippen LogP contribution in [0.15, 0.2) is 73.1 Å². The number of hydrogen-bond donors (Lipinski definition) is 1. The van der Waals surface area contributed by atoms with E-state index in [1.165, 1.54) is 75.8 Å². The van der Waals surface area contributed by atoms with Crippen molar-refractivity contribution in [3.8, 4) is 11.5 Å². The number of carbonyl (C=O) groups is 1. The van der Waals surface area contributed by atoms with Crippen molar-refractivity contribution in [1.29, 1.82) is 0 Å². The van der Waals surface area contributed by atoms with Crippen molar-refractivity contribution >= 4 is 11.6 Å². The van der Waals surface area contributed by atoms with Crippen LogP contribution in [-0.2, 0) is 20.4 Å². The predicted molar refractivity (Wildman–Crippen MR) is 245 cm³/mol. The van der Waals surface area contributed by atoms with Gasteiger partial charge in [-0.1, -0.05) is 49.9 Å². The van der Waals surface area contributed by atoms with E-state index >= 15 is 0 Å². The van der Waals surface area contributed by atoms with Gasteiger partial charge in [0.15, 0.2) is 0 Å². The van der Waals surface area contributed by atoms with E-state index in [9.17, 15) is 4.79 Å². The fourth-order valence-corrected chi connectivity index (χ4v) is 10.7. The minimum Gasteiger partial charge on any atom is -0.494 e. The van der Waals surface area contributed by atoms with Crippen LogP contribution in [0.3, 0.4) is 0 Å². The Morgan fingerprint density at radius 2 is 1.44 bits per heavy atom. The second-order valence-electron chi connectivity index (χ2n) is 19.0. The molecule has 1 aromatic heterocycles. The van der Waals surface area contributed by atoms with Gasteiger partial charge in [0.25, 0.3) is 0 Å². The number of nitrogens with zero attached hydrogens (tertiary/aromatic N) is 5. The molecule has 2 saturated carbocycles. The van der Waals surface area contributed by atoms with Crippen molar-refractivity contribution in [1.82, 2.24) is 24.6 Å². The molecule has 6 aliphatic rings. The summed E-state index contributed by atoms with van der Waals surface area (Å²) in [7, 11) is 2.14. The van der Waals surface area contributed by atoms with Crippen molar-refractivity contribution in [3.63, 3.8) is 0 Å². The minimum absolute atomic E-state index is 0.0841. The molecule has 5 heterocycles. The first-order chi connectivity index (χ1) is 30.0. The van der Waals surface area contributed by atoms with Gasteiger partial charge in [-0.2, -0.15) is 0 Å². The van der Waals surface area contributed by atoms with E-state index in [1.807, 2.05) is 18.5 Å². The number of pyridine rings is 1. The molecule has 10 nitrogen and oxygen atoms in total. The predicted octanol–water partition coefficient (Wildman–Crippen LogP) is 8.16. The van der Waals surface area contributed by atoms with Crippen LogP contribution < -0.4 is 14.8 Å². The molecule has 1 amide bonds. The third-order valence-electron chi connectivity index (χ3n) is 15.0. The summed E-state index contributed by atoms with van der Waals surface area (Å²) in [6.45, 7) is 13.0. The van der Waals surface area contributed by atoms with Gasteiger partial charge in [0.05, 0.1) is 17.7 Å². The van der Waals surface area contributed by atoms with E-state index < -0.39 is 0 Å². The monoisotopic (exact) mass is 835 g/mol. The molecular formula is C51H74N6O4. The van der Waals surface area contributed by atoms with E-state index in [-0.39, 0.29) is 10.8 Å². The van der Waals surface area contributed by atoms with Gasteiger partial charge in [-0.15, -0.1) is 0 Å². The molecule has 2 aliphatic carbocycles. The molecule has 2 aromatic carbocycles. The number of piperidine rings is 1. The number of benzene rings is 2. The Morgan fingerprint density at radius 3 is 2.10 bits per heavy atom. The summed E-state index contributed by atoms with van der Waals surface area (Å²) < 4.78 is 18.1. The molecule has 1 N–H and O–H groups in total. The Bertz CT molecular complexity index is 1740. The van der Waals surface area contributed by atoms with Crippen LogP contribution in [0.25, 0.3) is 0 Å². The highest BCUT2D eigenvalue weighted by atomic mass is 16.5. The van der Waals surface area contributed by atoms with Crippen LogP contribution >= 0.6 is 0 Å². The summed E-state index contributed by atoms with van der Waals surface area (Å²) in [6.07, 6.45) is 21.9. The Morgan fingerprint density at radius 1 is 0.754 bits per heavy atom. The van der Waals surface area contributed by atoms with E-state index in [0.717, 1.165) is 140 Å². The maximum absolute atomic E-state index is 13.7. The van der Waals surface area contributed by atoms with Crippen molar-refractivity contribution in [2.45, 2.75) is 119 Å². The number of likely N-dealkylation sites (tertiary alicyclic amines) is 2. The van der Waals surface area contributed by atoms with Gasteiger partial charge in [-0.3, -0.25) is 9.78 Å². The number of carbonyl (C=O) groups excluding carboxylic acids is 1. The first-order valence-corrected chi connectivity index (χ1v) is 24.1. The van der Waals surface area contributed by atoms with Gasteiger partial charge >= 0.3 is 0 Å². The summed E-state index contributed by atoms with van der Waals surface area (Å²) in [4.78, 5) is 27.5. The van der Waals surface area contributed by atoms with Crippen LogP contribution in [0.4, 0.5) is 5.69 Å². The molecule has 0 atom stereocenters. The van der Waals surface area contributed by atoms with Gasteiger partial charge in [-0.25, -0.2) is 0 Å². The van der Waals surface area contributed by atoms with Crippen molar-refractivity contribution in [2.75, 3.05) is 97.6 Å². The second-order valence-corrected chi connectivity index (χ2v) is 19.0. The number of piperazine rings is 1. The van der Waals surface area contributed by atoms with Gasteiger partial charge < -0.3 is 39.1 Å². The van der Waals surface area contributed by atoms with E-state index in [4.69, 9.17) is 14.2 Å². The first-order valence-electron chi connectivity index (χ1n) is 24.1. The molecular weight excluding hydrogens is 761 g/mol. The Balaban J connectivity index is 0.000000169. The molecule has 10 heteroatoms. The van der Waals surface area contributed by atoms with Gasteiger partial charge in [0.1, 0.15) is 17.6 Å². The van der Waals surface area contributed by atoms with Crippen molar-refractivity contribution in [2.24, 2.45) is 0 Å². The highest BCUT2D eigenvalue weighted by Crippen LogP contribution is 2.42. The van der Waals surface area contributed by atoms with E-state index in [1.54, 1.807) is 0 Å². The highest BCUT2D eigenvalue weighted by Gasteiger charge is 2.44. The second kappa shape index (κ2) is 21.6. The smallest absolute Gasteiger partial charge is 0.233 e. The van der Waals surface area contributed by atoms with Gasteiger partial charge in [0.2, 0.25) is 5.91 Å². The molecule has 0 bridgehead atoms. The molecule has 0 radical (unpaired) electrons. The van der Waals surface area contributed by atoms with E-state index in [0.29, 0.717) is 12.0 Å². The fourth-order valence-electron chi connectivity index (χ4n) is 10.7. The highest BCUT2D eigenvalue weighted by molar-refractivity contribution is 5.88. The number of ether oxygens (including phenoxy) is 3. The van der Waals surface area contributed by atoms with Crippen molar-refractivity contribution < 1.29 is 19.0 Å². The zero-order valence-electron chi connectivity index (χ0n) is 37.3. The zero-order chi connectivity index (χ0) is 41.7. The molecule has 4 aliphatic heterocycles. The third-order valence-corrected chi connectivity index (χ3v) is 15.0. The number of anilines is 1. The largest absolute Gasteiger partial charge is 0.494 e. The standard InChI is InChI=1S/C26H35N3O2.C25H39N3O2/c1-4-23(5-1)29-15-10-25(11-16-29)31-24-8-6-21(7-9-24)26(12-17-30-18-13-26)20-28-22-3-2-14-27-19-22;1-26-17-19-28(20-18-26)24(29)25(12-3-2-4-13-25)22-8-10-23(11-9-22)30-21-7-16-27-14-5-6-15-27/h2-3,6-9,14,19,23,25,28H,1,4-5,10-13,15-18,20H2;8-11H,2-7,12-21H2,1H3. The lowest BCUT2D eigenvalue weighted by Gasteiger charge is -2.42. The quantitative estimate of drug-likeness (QED) is 0.162. The molecule has 61 heavy (non-hydrogen) atoms. The lowest BCUT2D eigenvalue weighted by molar-refractivity contribution is -0.140. The minimum atomic E-state index is -0.331. The molecule has 9 rings (SSSR count). The number of nitrogens with one attached hydrogen (secondary N) is 1. The number of aromatic nitrogens is 1. The van der Waals surface area contributed by atoms with Crippen LogP contribution in [0.1, 0.15) is 107 Å². The first kappa shape index (κ1) is 43.9. The lowest BCUT2D eigenvalue weighted by atomic mass is 9.68. The maximum Gasteiger partial charge on any atom is 0.233 e. The summed E-state index contributed by atoms with van der Waals surface area (Å²) in [5.41, 5.74) is 3.39. The number of likely N-dealkylation sites (N-methyl/N-ethyl adjacent to an activating group) is 1. The van der Waals surface area contributed by atoms with Crippen molar-refractivity contribution in [3.05, 3.63) is 84.2 Å². The van der Waals surface area contributed by atoms with Crippen LogP contribution in [0.2, 0.25) is 0 Å². The zero-order valence-corrected chi connectivity index (χ0v) is 37.3. The average molecular weight is 835 g/mol. The molecule has 0 unspecified atom stereocenters. The van der Waals surface area contributed by atoms with E-state index in [2.05, 4.69) is 91.5 Å². The average Bonchev–Trinajstić information content (AvgIpc) is 3.83. The maximum atomic E-state index is 13.7. The summed E-state index contributed by atoms with van der Waals surface area (Å²) >= 11 is 0. The Hall–Kier alpha value is -3.70. The number of amides is 1. The summed E-state index contributed by atoms with van der Waals surface area (Å²) in [6, 6.07) is 22.3. The number of rotatable bonds is 14. The fraction of sp³-hybridized carbons (Fsp3) is 0.647. The SMILES string of the molecule is CN1CCN(C(=O)C2(c3ccc(OCCCN4CCCC4)cc3)CCCCC2)CC1.c1cncc(NCC2(c3ccc(OC4CCN(C5CCC5)CC4)cc3)CCOCC2)c1. The Kier molecular flexibility index (Phi) is 15.5. The summed E-state index contributed by atoms with van der Waals surface area (Å²) in [5.74, 6) is 2.29. The number of hydrogen-bond acceptors (Lipinski definition) is 9. The normalized spacial score (nSPS) is 22.7. The lowest BCUT2D eigenvalue weighted by Crippen LogP contribution is -2.54. The Labute approximate surface area is 366 Å².